The van der Waals surface area contributed by atoms with Gasteiger partial charge in [0, 0.05) is 0 Å². The van der Waals surface area contributed by atoms with Crippen LogP contribution in [0.2, 0.25) is 0 Å². The maximum absolute atomic E-state index is 11.2. The van der Waals surface area contributed by atoms with Crippen molar-refractivity contribution in [3.05, 3.63) is 26.0 Å². The fourth-order valence-corrected chi connectivity index (χ4v) is 2.10. The van der Waals surface area contributed by atoms with Crippen LogP contribution >= 0.6 is 31.9 Å². The van der Waals surface area contributed by atoms with E-state index in [1.54, 1.807) is 0 Å². The predicted octanol–water partition coefficient (Wildman–Crippen LogP) is 0.943. The van der Waals surface area contributed by atoms with Gasteiger partial charge in [-0.1, -0.05) is 0 Å². The molecule has 0 amide bonds. The highest BCUT2D eigenvalue weighted by molar-refractivity contribution is 9.11. The smallest absolute Gasteiger partial charge is 0.246 e. The summed E-state index contributed by atoms with van der Waals surface area (Å²) in [6.45, 7) is 0. The van der Waals surface area contributed by atoms with E-state index < -0.39 is 0 Å². The summed E-state index contributed by atoms with van der Waals surface area (Å²) in [6, 6.07) is 0. The largest absolute Gasteiger partial charge is 0.348 e. The number of H-pyrrole nitrogens is 1. The molecule has 0 bridgehead atoms. The molecule has 5 nitrogen and oxygen atoms in total. The minimum absolute atomic E-state index is 0.322. The molecule has 62 valence electrons. The number of hydrogen-bond donors (Lipinski definition) is 1. The molecule has 0 radical (unpaired) electrons. The third-order valence-corrected chi connectivity index (χ3v) is 2.49. The Labute approximate surface area is 83.1 Å². The average molecular weight is 294 g/mol. The highest BCUT2D eigenvalue weighted by Crippen LogP contribution is 2.18. The van der Waals surface area contributed by atoms with Gasteiger partial charge in [0.15, 0.2) is 4.73 Å². The fraction of sp³-hybridized carbons (Fsp3) is 0. The summed E-state index contributed by atoms with van der Waals surface area (Å²) in [4.78, 5) is 15.2. The molecule has 1 N–H and O–H groups in total. The van der Waals surface area contributed by atoms with Crippen LogP contribution in [-0.2, 0) is 0 Å². The molecule has 2 aromatic rings. The Balaban J connectivity index is 3.09. The van der Waals surface area contributed by atoms with Gasteiger partial charge in [-0.25, -0.2) is 19.3 Å². The number of imidazole rings is 1. The molecular weight excluding hydrogens is 292 g/mol. The summed E-state index contributed by atoms with van der Waals surface area (Å²) in [7, 11) is 0. The SMILES string of the molecule is O=c1[nH]ncc2c(Br)nc(Br)n12. The van der Waals surface area contributed by atoms with Gasteiger partial charge in [-0.15, -0.1) is 0 Å². The first-order valence-electron chi connectivity index (χ1n) is 2.97. The lowest BCUT2D eigenvalue weighted by Gasteiger charge is -1.89. The first-order valence-corrected chi connectivity index (χ1v) is 4.56. The van der Waals surface area contributed by atoms with Crippen molar-refractivity contribution in [3.8, 4) is 0 Å². The maximum atomic E-state index is 11.2. The van der Waals surface area contributed by atoms with Crippen LogP contribution in [0.4, 0.5) is 0 Å². The van der Waals surface area contributed by atoms with Gasteiger partial charge in [0.25, 0.3) is 0 Å². The quantitative estimate of drug-likeness (QED) is 0.786. The number of nitrogens with zero attached hydrogens (tertiary/aromatic N) is 3. The summed E-state index contributed by atoms with van der Waals surface area (Å²) in [5, 5.41) is 5.93. The Bertz CT molecular complexity index is 488. The van der Waals surface area contributed by atoms with E-state index in [0.717, 1.165) is 0 Å². The van der Waals surface area contributed by atoms with Gasteiger partial charge in [0.1, 0.15) is 10.1 Å². The number of aromatic amines is 1. The maximum Gasteiger partial charge on any atom is 0.348 e. The van der Waals surface area contributed by atoms with Crippen LogP contribution < -0.4 is 5.69 Å². The second kappa shape index (κ2) is 2.67. The Hall–Kier alpha value is -0.690. The molecule has 0 atom stereocenters. The van der Waals surface area contributed by atoms with E-state index >= 15 is 0 Å². The van der Waals surface area contributed by atoms with Gasteiger partial charge < -0.3 is 0 Å². The summed E-state index contributed by atoms with van der Waals surface area (Å²) >= 11 is 6.34. The van der Waals surface area contributed by atoms with Crippen LogP contribution in [-0.4, -0.2) is 19.6 Å². The molecule has 7 heteroatoms. The molecule has 0 spiro atoms. The lowest BCUT2D eigenvalue weighted by molar-refractivity contribution is 0.872. The van der Waals surface area contributed by atoms with Crippen molar-refractivity contribution >= 4 is 37.4 Å². The van der Waals surface area contributed by atoms with E-state index in [2.05, 4.69) is 47.0 Å². The van der Waals surface area contributed by atoms with Crippen molar-refractivity contribution in [2.45, 2.75) is 0 Å². The molecule has 2 heterocycles. The molecule has 0 aliphatic carbocycles. The fourth-order valence-electron chi connectivity index (χ4n) is 0.883. The standard InChI is InChI=1S/C5H2Br2N4O/c6-3-2-1-8-10-5(12)11(2)4(7)9-3/h1H,(H,10,12). The molecule has 0 fully saturated rings. The van der Waals surface area contributed by atoms with Crippen molar-refractivity contribution in [1.82, 2.24) is 19.6 Å². The molecule has 0 aromatic carbocycles. The highest BCUT2D eigenvalue weighted by Gasteiger charge is 2.08. The second-order valence-corrected chi connectivity index (χ2v) is 3.53. The van der Waals surface area contributed by atoms with Crippen molar-refractivity contribution in [3.63, 3.8) is 0 Å². The number of aromatic nitrogens is 4. The Kier molecular flexibility index (Phi) is 1.76. The zero-order valence-corrected chi connectivity index (χ0v) is 8.76. The normalized spacial score (nSPS) is 10.8. The molecule has 12 heavy (non-hydrogen) atoms. The van der Waals surface area contributed by atoms with Crippen molar-refractivity contribution in [2.75, 3.05) is 0 Å². The van der Waals surface area contributed by atoms with E-state index in [4.69, 9.17) is 0 Å². The van der Waals surface area contributed by atoms with Gasteiger partial charge in [-0.3, -0.25) is 0 Å². The van der Waals surface area contributed by atoms with E-state index in [9.17, 15) is 4.79 Å². The Morgan fingerprint density at radius 1 is 1.50 bits per heavy atom. The number of nitrogens with one attached hydrogen (secondary N) is 1. The van der Waals surface area contributed by atoms with E-state index in [1.165, 1.54) is 10.6 Å². The van der Waals surface area contributed by atoms with Gasteiger partial charge in [0.2, 0.25) is 0 Å². The number of fused-ring (bicyclic) bond motifs is 1. The van der Waals surface area contributed by atoms with Gasteiger partial charge in [0.05, 0.1) is 6.20 Å². The van der Waals surface area contributed by atoms with E-state index in [-0.39, 0.29) is 5.69 Å². The van der Waals surface area contributed by atoms with Gasteiger partial charge in [-0.2, -0.15) is 5.10 Å². The summed E-state index contributed by atoms with van der Waals surface area (Å²) in [5.41, 5.74) is 0.309. The first kappa shape index (κ1) is 7.93. The van der Waals surface area contributed by atoms with Crippen molar-refractivity contribution in [2.24, 2.45) is 0 Å². The topological polar surface area (TPSA) is 63.0 Å². The third kappa shape index (κ3) is 1.00. The van der Waals surface area contributed by atoms with Gasteiger partial charge >= 0.3 is 5.69 Å². The van der Waals surface area contributed by atoms with Gasteiger partial charge in [-0.05, 0) is 31.9 Å². The van der Waals surface area contributed by atoms with Crippen molar-refractivity contribution in [1.29, 1.82) is 0 Å². The minimum atomic E-state index is -0.322. The molecule has 0 aliphatic rings. The minimum Gasteiger partial charge on any atom is -0.246 e. The van der Waals surface area contributed by atoms with E-state index in [0.29, 0.717) is 14.9 Å². The Morgan fingerprint density at radius 3 is 2.92 bits per heavy atom. The number of halogens is 2. The predicted molar refractivity (Wildman–Crippen MR) is 49.0 cm³/mol. The second-order valence-electron chi connectivity index (χ2n) is 2.07. The molecule has 2 aromatic heterocycles. The third-order valence-electron chi connectivity index (χ3n) is 1.38. The monoisotopic (exact) mass is 292 g/mol. The molecule has 2 rings (SSSR count). The number of hydrogen-bond acceptors (Lipinski definition) is 3. The van der Waals surface area contributed by atoms with E-state index in [1.807, 2.05) is 0 Å². The average Bonchev–Trinajstić information content (AvgIpc) is 2.29. The first-order chi connectivity index (χ1) is 5.70. The summed E-state index contributed by atoms with van der Waals surface area (Å²) < 4.78 is 2.41. The van der Waals surface area contributed by atoms with Crippen LogP contribution in [0.1, 0.15) is 0 Å². The van der Waals surface area contributed by atoms with Crippen molar-refractivity contribution < 1.29 is 0 Å². The van der Waals surface area contributed by atoms with Crippen LogP contribution in [0.3, 0.4) is 0 Å². The molecule has 0 saturated carbocycles. The summed E-state index contributed by atoms with van der Waals surface area (Å²) in [6.07, 6.45) is 1.52. The van der Waals surface area contributed by atoms with Crippen LogP contribution in [0.15, 0.2) is 20.3 Å². The Morgan fingerprint density at radius 2 is 2.25 bits per heavy atom. The molecule has 0 unspecified atom stereocenters. The zero-order chi connectivity index (χ0) is 8.72. The van der Waals surface area contributed by atoms with Crippen LogP contribution in [0.25, 0.3) is 5.52 Å². The molecule has 0 saturated heterocycles. The van der Waals surface area contributed by atoms with Crippen LogP contribution in [0.5, 0.6) is 0 Å². The van der Waals surface area contributed by atoms with Crippen LogP contribution in [0, 0.1) is 0 Å². The summed E-state index contributed by atoms with van der Waals surface area (Å²) in [5.74, 6) is 0. The molecule has 0 aliphatic heterocycles. The lowest BCUT2D eigenvalue weighted by Crippen LogP contribution is -2.16. The lowest BCUT2D eigenvalue weighted by atomic mass is 10.6. The number of rotatable bonds is 0. The molecular formula is C5H2Br2N4O. The highest BCUT2D eigenvalue weighted by atomic mass is 79.9. The zero-order valence-electron chi connectivity index (χ0n) is 5.58.